The lowest BCUT2D eigenvalue weighted by molar-refractivity contribution is 0.475. The smallest absolute Gasteiger partial charge is 0.161 e. The molecule has 0 amide bonds. The number of benzene rings is 1. The van der Waals surface area contributed by atoms with E-state index in [1.807, 2.05) is 6.07 Å². The quantitative estimate of drug-likeness (QED) is 0.645. The van der Waals surface area contributed by atoms with E-state index in [9.17, 15) is 5.11 Å². The maximum Gasteiger partial charge on any atom is 0.161 e. The molecule has 76 valence electrons. The van der Waals surface area contributed by atoms with Crippen LogP contribution >= 0.6 is 34.2 Å². The summed E-state index contributed by atoms with van der Waals surface area (Å²) in [5.41, 5.74) is 0.744. The molecule has 0 aliphatic carbocycles. The zero-order chi connectivity index (χ0) is 10.8. The van der Waals surface area contributed by atoms with Crippen molar-refractivity contribution in [2.75, 3.05) is 0 Å². The molecule has 0 unspecified atom stereocenters. The van der Waals surface area contributed by atoms with Gasteiger partial charge in [-0.05, 0) is 34.7 Å². The van der Waals surface area contributed by atoms with Crippen LogP contribution in [0.1, 0.15) is 0 Å². The maximum atomic E-state index is 9.31. The SMILES string of the molecule is Oc1cccc(-c2ncc(I)c(Cl)n2)c1. The number of nitrogens with zero attached hydrogens (tertiary/aromatic N) is 2. The molecule has 2 aromatic rings. The van der Waals surface area contributed by atoms with E-state index in [4.69, 9.17) is 11.6 Å². The van der Waals surface area contributed by atoms with E-state index >= 15 is 0 Å². The van der Waals surface area contributed by atoms with Crippen LogP contribution in [0.25, 0.3) is 11.4 Å². The number of hydrogen-bond donors (Lipinski definition) is 1. The molecule has 1 aromatic carbocycles. The highest BCUT2D eigenvalue weighted by Gasteiger charge is 2.05. The molecule has 0 aliphatic rings. The van der Waals surface area contributed by atoms with E-state index in [1.165, 1.54) is 0 Å². The Hall–Kier alpha value is -0.880. The summed E-state index contributed by atoms with van der Waals surface area (Å²) in [7, 11) is 0. The van der Waals surface area contributed by atoms with Gasteiger partial charge in [-0.2, -0.15) is 0 Å². The lowest BCUT2D eigenvalue weighted by atomic mass is 10.2. The first kappa shape index (κ1) is 10.6. The molecule has 15 heavy (non-hydrogen) atoms. The number of hydrogen-bond acceptors (Lipinski definition) is 3. The van der Waals surface area contributed by atoms with Crippen molar-refractivity contribution >= 4 is 34.2 Å². The van der Waals surface area contributed by atoms with Gasteiger partial charge in [0.1, 0.15) is 10.9 Å². The topological polar surface area (TPSA) is 46.0 Å². The van der Waals surface area contributed by atoms with Crippen LogP contribution in [0.15, 0.2) is 30.5 Å². The first-order valence-electron chi connectivity index (χ1n) is 4.14. The Bertz CT molecular complexity index is 505. The highest BCUT2D eigenvalue weighted by atomic mass is 127. The third-order valence-electron chi connectivity index (χ3n) is 1.81. The molecule has 2 rings (SSSR count). The Kier molecular flexibility index (Phi) is 3.06. The second-order valence-corrected chi connectivity index (χ2v) is 4.40. The van der Waals surface area contributed by atoms with Gasteiger partial charge in [0.2, 0.25) is 0 Å². The number of aromatic nitrogens is 2. The molecule has 1 N–H and O–H groups in total. The zero-order valence-electron chi connectivity index (χ0n) is 7.48. The number of phenols is 1. The monoisotopic (exact) mass is 332 g/mol. The standard InChI is InChI=1S/C10H6ClIN2O/c11-9-8(12)5-13-10(14-9)6-2-1-3-7(15)4-6/h1-5,15H. The molecular weight excluding hydrogens is 326 g/mol. The summed E-state index contributed by atoms with van der Waals surface area (Å²) in [6.45, 7) is 0. The maximum absolute atomic E-state index is 9.31. The summed E-state index contributed by atoms with van der Waals surface area (Å²) in [5.74, 6) is 0.696. The van der Waals surface area contributed by atoms with Crippen molar-refractivity contribution in [2.45, 2.75) is 0 Å². The molecule has 1 aromatic heterocycles. The third kappa shape index (κ3) is 2.38. The van der Waals surface area contributed by atoms with E-state index in [1.54, 1.807) is 24.4 Å². The van der Waals surface area contributed by atoms with Crippen LogP contribution in [0, 0.1) is 3.57 Å². The summed E-state index contributed by atoms with van der Waals surface area (Å²) in [6.07, 6.45) is 1.65. The van der Waals surface area contributed by atoms with Crippen LogP contribution in [0.4, 0.5) is 0 Å². The fourth-order valence-electron chi connectivity index (χ4n) is 1.13. The molecule has 0 atom stereocenters. The van der Waals surface area contributed by atoms with Crippen molar-refractivity contribution < 1.29 is 5.11 Å². The largest absolute Gasteiger partial charge is 0.508 e. The highest BCUT2D eigenvalue weighted by Crippen LogP contribution is 2.22. The average Bonchev–Trinajstić information content (AvgIpc) is 2.22. The van der Waals surface area contributed by atoms with Crippen LogP contribution in [0.5, 0.6) is 5.75 Å². The summed E-state index contributed by atoms with van der Waals surface area (Å²) < 4.78 is 0.804. The number of rotatable bonds is 1. The van der Waals surface area contributed by atoms with E-state index < -0.39 is 0 Å². The van der Waals surface area contributed by atoms with Crippen LogP contribution in [0.2, 0.25) is 5.15 Å². The van der Waals surface area contributed by atoms with Crippen molar-refractivity contribution in [3.8, 4) is 17.1 Å². The number of halogens is 2. The van der Waals surface area contributed by atoms with Gasteiger partial charge in [-0.3, -0.25) is 0 Å². The van der Waals surface area contributed by atoms with Gasteiger partial charge in [-0.25, -0.2) is 9.97 Å². The molecule has 0 bridgehead atoms. The highest BCUT2D eigenvalue weighted by molar-refractivity contribution is 14.1. The second-order valence-electron chi connectivity index (χ2n) is 2.88. The van der Waals surface area contributed by atoms with Gasteiger partial charge in [0.25, 0.3) is 0 Å². The predicted molar refractivity (Wildman–Crippen MR) is 66.9 cm³/mol. The summed E-state index contributed by atoms with van der Waals surface area (Å²) >= 11 is 7.94. The summed E-state index contributed by atoms with van der Waals surface area (Å²) in [5, 5.41) is 9.73. The fourth-order valence-corrected chi connectivity index (χ4v) is 1.52. The molecule has 0 spiro atoms. The van der Waals surface area contributed by atoms with Gasteiger partial charge in [0.05, 0.1) is 3.57 Å². The number of aromatic hydroxyl groups is 1. The molecular formula is C10H6ClIN2O. The molecule has 0 saturated carbocycles. The average molecular weight is 333 g/mol. The molecule has 0 aliphatic heterocycles. The van der Waals surface area contributed by atoms with Crippen molar-refractivity contribution in [1.82, 2.24) is 9.97 Å². The van der Waals surface area contributed by atoms with Gasteiger partial charge >= 0.3 is 0 Å². The lowest BCUT2D eigenvalue weighted by Gasteiger charge is -2.01. The molecule has 0 saturated heterocycles. The van der Waals surface area contributed by atoms with E-state index in [-0.39, 0.29) is 5.75 Å². The van der Waals surface area contributed by atoms with Gasteiger partial charge in [-0.15, -0.1) is 0 Å². The molecule has 5 heteroatoms. The predicted octanol–water partition coefficient (Wildman–Crippen LogP) is 3.11. The minimum Gasteiger partial charge on any atom is -0.508 e. The van der Waals surface area contributed by atoms with E-state index in [2.05, 4.69) is 32.6 Å². The van der Waals surface area contributed by atoms with Gasteiger partial charge in [0.15, 0.2) is 5.82 Å². The molecule has 0 fully saturated rings. The normalized spacial score (nSPS) is 10.3. The van der Waals surface area contributed by atoms with Gasteiger partial charge < -0.3 is 5.11 Å². The first-order chi connectivity index (χ1) is 7.16. The van der Waals surface area contributed by atoms with Crippen LogP contribution in [0.3, 0.4) is 0 Å². The van der Waals surface area contributed by atoms with E-state index in [0.717, 1.165) is 9.13 Å². The van der Waals surface area contributed by atoms with Gasteiger partial charge in [0, 0.05) is 11.8 Å². The lowest BCUT2D eigenvalue weighted by Crippen LogP contribution is -1.90. The van der Waals surface area contributed by atoms with Crippen LogP contribution in [-0.2, 0) is 0 Å². The van der Waals surface area contributed by atoms with Crippen molar-refractivity contribution in [3.63, 3.8) is 0 Å². The zero-order valence-corrected chi connectivity index (χ0v) is 10.4. The van der Waals surface area contributed by atoms with Crippen LogP contribution < -0.4 is 0 Å². The Balaban J connectivity index is 2.50. The van der Waals surface area contributed by atoms with Crippen molar-refractivity contribution in [2.24, 2.45) is 0 Å². The Morgan fingerprint density at radius 2 is 2.13 bits per heavy atom. The minimum atomic E-state index is 0.186. The van der Waals surface area contributed by atoms with Crippen molar-refractivity contribution in [1.29, 1.82) is 0 Å². The third-order valence-corrected chi connectivity index (χ3v) is 3.20. The Morgan fingerprint density at radius 1 is 1.33 bits per heavy atom. The van der Waals surface area contributed by atoms with Crippen LogP contribution in [-0.4, -0.2) is 15.1 Å². The Morgan fingerprint density at radius 3 is 2.80 bits per heavy atom. The minimum absolute atomic E-state index is 0.186. The molecule has 3 nitrogen and oxygen atoms in total. The van der Waals surface area contributed by atoms with Gasteiger partial charge in [-0.1, -0.05) is 23.7 Å². The fraction of sp³-hybridized carbons (Fsp3) is 0. The summed E-state index contributed by atoms with van der Waals surface area (Å²) in [4.78, 5) is 8.26. The second kappa shape index (κ2) is 4.32. The van der Waals surface area contributed by atoms with E-state index in [0.29, 0.717) is 11.0 Å². The molecule has 0 radical (unpaired) electrons. The Labute approximate surface area is 105 Å². The number of phenolic OH excluding ortho intramolecular Hbond substituents is 1. The summed E-state index contributed by atoms with van der Waals surface area (Å²) in [6, 6.07) is 6.74. The molecule has 1 heterocycles. The first-order valence-corrected chi connectivity index (χ1v) is 5.60. The van der Waals surface area contributed by atoms with Crippen molar-refractivity contribution in [3.05, 3.63) is 39.2 Å².